The predicted molar refractivity (Wildman–Crippen MR) is 31.8 cm³/mol. The molecule has 0 rings (SSSR count). The summed E-state index contributed by atoms with van der Waals surface area (Å²) in [7, 11) is -7.22. The fourth-order valence-corrected chi connectivity index (χ4v) is 0.231. The van der Waals surface area contributed by atoms with E-state index < -0.39 is 22.0 Å². The van der Waals surface area contributed by atoms with Gasteiger partial charge < -0.3 is 34.3 Å². The molecule has 11 heteroatoms. The van der Waals surface area contributed by atoms with Gasteiger partial charge >= 0.3 is 59.7 Å². The van der Waals surface area contributed by atoms with E-state index in [1.165, 1.54) is 0 Å². The summed E-state index contributed by atoms with van der Waals surface area (Å²) in [5, 5.41) is 43.2. The van der Waals surface area contributed by atoms with Gasteiger partial charge in [-0.15, -0.1) is 0 Å². The third-order valence-electron chi connectivity index (χ3n) is 0.466. The van der Waals surface area contributed by atoms with Crippen molar-refractivity contribution in [1.82, 2.24) is 0 Å². The smallest absolute Gasteiger partial charge is 0.833 e. The minimum absolute atomic E-state index is 0. The maximum absolute atomic E-state index is 9.63. The summed E-state index contributed by atoms with van der Waals surface area (Å²) in [5.41, 5.74) is 0. The van der Waals surface area contributed by atoms with Crippen molar-refractivity contribution in [3.8, 4) is 0 Å². The first-order valence-electron chi connectivity index (χ1n) is 2.19. The van der Waals surface area contributed by atoms with E-state index in [0.29, 0.717) is 0 Å². The van der Waals surface area contributed by atoms with Crippen LogP contribution in [0.4, 0.5) is 0 Å². The summed E-state index contributed by atoms with van der Waals surface area (Å²) in [5.74, 6) is 0. The topological polar surface area (TPSA) is 125 Å². The SMILES string of the molecule is [Ca+2].[O-]B(O)OB(O)OB([O-])O. The molecule has 0 aromatic carbocycles. The molecule has 0 heterocycles. The van der Waals surface area contributed by atoms with Crippen molar-refractivity contribution in [3.05, 3.63) is 0 Å². The zero-order valence-corrected chi connectivity index (χ0v) is 7.62. The summed E-state index contributed by atoms with van der Waals surface area (Å²) in [6.07, 6.45) is 0. The third kappa shape index (κ3) is 11.2. The van der Waals surface area contributed by atoms with Crippen LogP contribution in [0, 0.1) is 0 Å². The molecule has 7 nitrogen and oxygen atoms in total. The van der Waals surface area contributed by atoms with E-state index in [0.717, 1.165) is 0 Å². The van der Waals surface area contributed by atoms with E-state index >= 15 is 0 Å². The van der Waals surface area contributed by atoms with E-state index in [4.69, 9.17) is 15.1 Å². The first kappa shape index (κ1) is 14.7. The van der Waals surface area contributed by atoms with Crippen molar-refractivity contribution in [2.75, 3.05) is 0 Å². The molecule has 0 atom stereocenters. The van der Waals surface area contributed by atoms with E-state index in [1.54, 1.807) is 0 Å². The van der Waals surface area contributed by atoms with Gasteiger partial charge in [-0.3, -0.25) is 0 Å². The Hall–Kier alpha value is 1.17. The van der Waals surface area contributed by atoms with Crippen molar-refractivity contribution in [2.45, 2.75) is 0 Å². The Bertz CT molecular complexity index is 75.8. The molecule has 0 bridgehead atoms. The first-order chi connectivity index (χ1) is 4.52. The molecule has 0 radical (unpaired) electrons. The standard InChI is InChI=1S/B3H3O7.Ca/c4-1(5)9-3(8)10-2(6)7;/h4,6,8H;/q-2;+2. The maximum Gasteiger partial charge on any atom is 2.00 e. The van der Waals surface area contributed by atoms with Crippen LogP contribution in [0.5, 0.6) is 0 Å². The summed E-state index contributed by atoms with van der Waals surface area (Å²) >= 11 is 0. The third-order valence-corrected chi connectivity index (χ3v) is 0.466. The van der Waals surface area contributed by atoms with Gasteiger partial charge in [0.1, 0.15) is 0 Å². The molecular formula is H3B3CaO7. The van der Waals surface area contributed by atoms with Gasteiger partial charge in [0.15, 0.2) is 0 Å². The molecular weight excluding hydrogens is 185 g/mol. The van der Waals surface area contributed by atoms with Crippen LogP contribution in [0.1, 0.15) is 0 Å². The molecule has 0 unspecified atom stereocenters. The number of rotatable bonds is 4. The first-order valence-corrected chi connectivity index (χ1v) is 2.19. The Labute approximate surface area is 93.5 Å². The minimum atomic E-state index is -2.51. The van der Waals surface area contributed by atoms with Gasteiger partial charge in [-0.05, 0) is 0 Å². The van der Waals surface area contributed by atoms with Crippen LogP contribution in [0.25, 0.3) is 0 Å². The van der Waals surface area contributed by atoms with Crippen LogP contribution < -0.4 is 10.0 Å². The Morgan fingerprint density at radius 2 is 1.18 bits per heavy atom. The molecule has 0 saturated carbocycles. The Kier molecular flexibility index (Phi) is 10.4. The number of hydrogen-bond acceptors (Lipinski definition) is 7. The number of hydrogen-bond donors (Lipinski definition) is 3. The van der Waals surface area contributed by atoms with Crippen LogP contribution >= 0.6 is 0 Å². The fraction of sp³-hybridized carbons (Fsp3) is 0. The molecule has 0 saturated heterocycles. The van der Waals surface area contributed by atoms with Crippen LogP contribution in [0.3, 0.4) is 0 Å². The maximum atomic E-state index is 9.63. The molecule has 0 spiro atoms. The quantitative estimate of drug-likeness (QED) is 0.375. The summed E-state index contributed by atoms with van der Waals surface area (Å²) in [4.78, 5) is 0. The largest absolute Gasteiger partial charge is 2.00 e. The zero-order chi connectivity index (χ0) is 8.15. The average Bonchev–Trinajstić information content (AvgIpc) is 1.58. The predicted octanol–water partition coefficient (Wildman–Crippen LogP) is -5.71. The molecule has 56 valence electrons. The molecule has 0 aromatic rings. The summed E-state index contributed by atoms with van der Waals surface area (Å²) in [6, 6.07) is 0. The van der Waals surface area contributed by atoms with Gasteiger partial charge in [0, 0.05) is 0 Å². The van der Waals surface area contributed by atoms with Gasteiger partial charge in [0.2, 0.25) is 0 Å². The van der Waals surface area contributed by atoms with Gasteiger partial charge in [0.05, 0.1) is 0 Å². The molecule has 0 aliphatic carbocycles. The van der Waals surface area contributed by atoms with E-state index in [-0.39, 0.29) is 37.7 Å². The average molecular weight is 188 g/mol. The second-order valence-corrected chi connectivity index (χ2v) is 1.19. The molecule has 11 heavy (non-hydrogen) atoms. The van der Waals surface area contributed by atoms with Crippen LogP contribution in [-0.2, 0) is 9.14 Å². The van der Waals surface area contributed by atoms with Crippen molar-refractivity contribution < 1.29 is 34.3 Å². The molecule has 0 aliphatic heterocycles. The van der Waals surface area contributed by atoms with E-state index in [1.807, 2.05) is 0 Å². The normalized spacial score (nSPS) is 8.45. The van der Waals surface area contributed by atoms with Crippen LogP contribution in [-0.4, -0.2) is 74.8 Å². The Morgan fingerprint density at radius 1 is 0.909 bits per heavy atom. The second-order valence-electron chi connectivity index (χ2n) is 1.19. The van der Waals surface area contributed by atoms with Crippen LogP contribution in [0.2, 0.25) is 0 Å². The monoisotopic (exact) mass is 188 g/mol. The van der Waals surface area contributed by atoms with Crippen molar-refractivity contribution in [2.24, 2.45) is 0 Å². The molecule has 0 aromatic heterocycles. The molecule has 0 amide bonds. The zero-order valence-electron chi connectivity index (χ0n) is 5.41. The summed E-state index contributed by atoms with van der Waals surface area (Å²) in [6.45, 7) is 0. The van der Waals surface area contributed by atoms with Gasteiger partial charge in [0.25, 0.3) is 0 Å². The van der Waals surface area contributed by atoms with Crippen molar-refractivity contribution in [3.63, 3.8) is 0 Å². The molecule has 0 fully saturated rings. The Balaban J connectivity index is 0. The molecule has 3 N–H and O–H groups in total. The fourth-order valence-electron chi connectivity index (χ4n) is 0.231. The van der Waals surface area contributed by atoms with Crippen LogP contribution in [0.15, 0.2) is 0 Å². The Morgan fingerprint density at radius 3 is 1.36 bits per heavy atom. The second kappa shape index (κ2) is 7.80. The minimum Gasteiger partial charge on any atom is -0.833 e. The summed E-state index contributed by atoms with van der Waals surface area (Å²) < 4.78 is 7.07. The molecule has 0 aliphatic rings. The van der Waals surface area contributed by atoms with Crippen molar-refractivity contribution >= 4 is 59.7 Å². The van der Waals surface area contributed by atoms with E-state index in [2.05, 4.69) is 9.14 Å². The van der Waals surface area contributed by atoms with Gasteiger partial charge in [-0.1, -0.05) is 0 Å². The van der Waals surface area contributed by atoms with Gasteiger partial charge in [-0.25, -0.2) is 0 Å². The van der Waals surface area contributed by atoms with Crippen molar-refractivity contribution in [1.29, 1.82) is 0 Å². The van der Waals surface area contributed by atoms with Gasteiger partial charge in [-0.2, -0.15) is 0 Å². The van der Waals surface area contributed by atoms with E-state index in [9.17, 15) is 10.0 Å².